The van der Waals surface area contributed by atoms with Crippen LogP contribution in [0.25, 0.3) is 0 Å². The number of aliphatic hydroxyl groups is 1. The summed E-state index contributed by atoms with van der Waals surface area (Å²) < 4.78 is 14.2. The fraction of sp³-hybridized carbons (Fsp3) is 0.647. The lowest BCUT2D eigenvalue weighted by Crippen LogP contribution is -2.34. The molecule has 2 fully saturated rings. The van der Waals surface area contributed by atoms with Crippen LogP contribution in [0.5, 0.6) is 0 Å². The van der Waals surface area contributed by atoms with Gasteiger partial charge in [-0.1, -0.05) is 6.07 Å². The van der Waals surface area contributed by atoms with Crippen LogP contribution >= 0.6 is 0 Å². The van der Waals surface area contributed by atoms with Crippen LogP contribution in [0.3, 0.4) is 0 Å². The van der Waals surface area contributed by atoms with Gasteiger partial charge < -0.3 is 15.3 Å². The standard InChI is InChI=1S/C17H25FN2O/c18-16-4-3-5-17(20-10-1-2-11-20)15(16)12-19-13-6-8-14(21)9-7-13/h3-5,13-14,19,21H,1-2,6-12H2. The van der Waals surface area contributed by atoms with Gasteiger partial charge in [0.15, 0.2) is 0 Å². The smallest absolute Gasteiger partial charge is 0.129 e. The van der Waals surface area contributed by atoms with E-state index in [4.69, 9.17) is 0 Å². The first-order valence-corrected chi connectivity index (χ1v) is 8.18. The van der Waals surface area contributed by atoms with Crippen LogP contribution in [-0.4, -0.2) is 30.3 Å². The molecule has 21 heavy (non-hydrogen) atoms. The second-order valence-corrected chi connectivity index (χ2v) is 6.32. The highest BCUT2D eigenvalue weighted by molar-refractivity contribution is 5.54. The van der Waals surface area contributed by atoms with Crippen molar-refractivity contribution in [2.24, 2.45) is 0 Å². The number of rotatable bonds is 4. The third kappa shape index (κ3) is 3.55. The fourth-order valence-corrected chi connectivity index (χ4v) is 3.50. The molecule has 1 aromatic rings. The van der Waals surface area contributed by atoms with Crippen LogP contribution in [0.2, 0.25) is 0 Å². The van der Waals surface area contributed by atoms with Crippen LogP contribution in [0.15, 0.2) is 18.2 Å². The van der Waals surface area contributed by atoms with Crippen molar-refractivity contribution in [1.82, 2.24) is 5.32 Å². The minimum atomic E-state index is -0.142. The Morgan fingerprint density at radius 1 is 1.14 bits per heavy atom. The van der Waals surface area contributed by atoms with E-state index < -0.39 is 0 Å². The molecular formula is C17H25FN2O. The Kier molecular flexibility index (Phi) is 4.76. The Morgan fingerprint density at radius 2 is 1.86 bits per heavy atom. The Morgan fingerprint density at radius 3 is 2.57 bits per heavy atom. The van der Waals surface area contributed by atoms with Gasteiger partial charge in [0.05, 0.1) is 6.10 Å². The fourth-order valence-electron chi connectivity index (χ4n) is 3.50. The van der Waals surface area contributed by atoms with Gasteiger partial charge >= 0.3 is 0 Å². The van der Waals surface area contributed by atoms with Gasteiger partial charge in [-0.2, -0.15) is 0 Å². The Balaban J connectivity index is 1.66. The third-order valence-corrected chi connectivity index (χ3v) is 4.81. The largest absolute Gasteiger partial charge is 0.393 e. The Hall–Kier alpha value is -1.13. The summed E-state index contributed by atoms with van der Waals surface area (Å²) in [5, 5.41) is 13.0. The van der Waals surface area contributed by atoms with E-state index in [-0.39, 0.29) is 11.9 Å². The number of hydrogen-bond acceptors (Lipinski definition) is 3. The van der Waals surface area contributed by atoms with E-state index in [0.29, 0.717) is 12.6 Å². The van der Waals surface area contributed by atoms with Crippen molar-refractivity contribution in [3.8, 4) is 0 Å². The van der Waals surface area contributed by atoms with Crippen LogP contribution < -0.4 is 10.2 Å². The van der Waals surface area contributed by atoms with Gasteiger partial charge in [0.2, 0.25) is 0 Å². The molecule has 4 heteroatoms. The third-order valence-electron chi connectivity index (χ3n) is 4.81. The van der Waals surface area contributed by atoms with Crippen LogP contribution in [-0.2, 0) is 6.54 Å². The van der Waals surface area contributed by atoms with E-state index in [1.54, 1.807) is 6.07 Å². The van der Waals surface area contributed by atoms with Gasteiger partial charge in [-0.15, -0.1) is 0 Å². The van der Waals surface area contributed by atoms with E-state index in [0.717, 1.165) is 50.0 Å². The molecule has 1 heterocycles. The van der Waals surface area contributed by atoms with Gasteiger partial charge in [0.25, 0.3) is 0 Å². The molecule has 0 bridgehead atoms. The highest BCUT2D eigenvalue weighted by Crippen LogP contribution is 2.27. The first-order chi connectivity index (χ1) is 10.2. The van der Waals surface area contributed by atoms with Crippen molar-refractivity contribution >= 4 is 5.69 Å². The number of anilines is 1. The maximum Gasteiger partial charge on any atom is 0.129 e. The summed E-state index contributed by atoms with van der Waals surface area (Å²) in [6.07, 6.45) is 5.93. The Labute approximate surface area is 126 Å². The molecule has 1 aliphatic heterocycles. The average Bonchev–Trinajstić information content (AvgIpc) is 3.01. The number of nitrogens with zero attached hydrogens (tertiary/aromatic N) is 1. The first-order valence-electron chi connectivity index (χ1n) is 8.18. The zero-order valence-corrected chi connectivity index (χ0v) is 12.5. The molecule has 0 spiro atoms. The summed E-state index contributed by atoms with van der Waals surface area (Å²) in [6, 6.07) is 5.81. The van der Waals surface area contributed by atoms with Gasteiger partial charge in [-0.3, -0.25) is 0 Å². The molecule has 2 aliphatic rings. The summed E-state index contributed by atoms with van der Waals surface area (Å²) >= 11 is 0. The highest BCUT2D eigenvalue weighted by Gasteiger charge is 2.21. The van der Waals surface area contributed by atoms with Crippen molar-refractivity contribution in [3.05, 3.63) is 29.6 Å². The van der Waals surface area contributed by atoms with E-state index in [9.17, 15) is 9.50 Å². The summed E-state index contributed by atoms with van der Waals surface area (Å²) in [4.78, 5) is 2.30. The molecule has 1 saturated carbocycles. The zero-order valence-electron chi connectivity index (χ0n) is 12.5. The van der Waals surface area contributed by atoms with E-state index in [1.807, 2.05) is 12.1 Å². The second kappa shape index (κ2) is 6.75. The lowest BCUT2D eigenvalue weighted by atomic mass is 9.93. The van der Waals surface area contributed by atoms with Crippen molar-refractivity contribution in [3.63, 3.8) is 0 Å². The summed E-state index contributed by atoms with van der Waals surface area (Å²) in [6.45, 7) is 2.65. The highest BCUT2D eigenvalue weighted by atomic mass is 19.1. The summed E-state index contributed by atoms with van der Waals surface area (Å²) in [5.74, 6) is -0.109. The van der Waals surface area contributed by atoms with Gasteiger partial charge in [-0.05, 0) is 50.7 Å². The maximum atomic E-state index is 14.2. The molecule has 1 saturated heterocycles. The molecule has 0 amide bonds. The van der Waals surface area contributed by atoms with Crippen LogP contribution in [0.4, 0.5) is 10.1 Å². The van der Waals surface area contributed by atoms with E-state index in [1.165, 1.54) is 12.8 Å². The molecule has 1 aliphatic carbocycles. The molecule has 3 nitrogen and oxygen atoms in total. The minimum absolute atomic E-state index is 0.109. The topological polar surface area (TPSA) is 35.5 Å². The number of hydrogen-bond donors (Lipinski definition) is 2. The van der Waals surface area contributed by atoms with Crippen molar-refractivity contribution < 1.29 is 9.50 Å². The molecule has 3 rings (SSSR count). The van der Waals surface area contributed by atoms with Crippen molar-refractivity contribution in [2.75, 3.05) is 18.0 Å². The second-order valence-electron chi connectivity index (χ2n) is 6.32. The predicted molar refractivity (Wildman–Crippen MR) is 82.9 cm³/mol. The molecule has 0 unspecified atom stereocenters. The zero-order chi connectivity index (χ0) is 14.7. The first kappa shape index (κ1) is 14.8. The lowest BCUT2D eigenvalue weighted by molar-refractivity contribution is 0.116. The van der Waals surface area contributed by atoms with Gasteiger partial charge in [0, 0.05) is 36.9 Å². The SMILES string of the molecule is OC1CCC(NCc2c(F)cccc2N2CCCC2)CC1. The average molecular weight is 292 g/mol. The van der Waals surface area contributed by atoms with Gasteiger partial charge in [0.1, 0.15) is 5.82 Å². The normalized spacial score (nSPS) is 26.3. The molecule has 2 N–H and O–H groups in total. The van der Waals surface area contributed by atoms with E-state index >= 15 is 0 Å². The summed E-state index contributed by atoms with van der Waals surface area (Å²) in [7, 11) is 0. The van der Waals surface area contributed by atoms with E-state index in [2.05, 4.69) is 10.2 Å². The monoisotopic (exact) mass is 292 g/mol. The molecular weight excluding hydrogens is 267 g/mol. The number of benzene rings is 1. The molecule has 1 aromatic carbocycles. The molecule has 0 radical (unpaired) electrons. The van der Waals surface area contributed by atoms with Crippen LogP contribution in [0.1, 0.15) is 44.1 Å². The van der Waals surface area contributed by atoms with Gasteiger partial charge in [-0.25, -0.2) is 4.39 Å². The number of halogens is 1. The molecule has 0 aromatic heterocycles. The van der Waals surface area contributed by atoms with Crippen molar-refractivity contribution in [1.29, 1.82) is 0 Å². The number of nitrogens with one attached hydrogen (secondary N) is 1. The molecule has 116 valence electrons. The maximum absolute atomic E-state index is 14.2. The number of aliphatic hydroxyl groups excluding tert-OH is 1. The Bertz CT molecular complexity index is 466. The van der Waals surface area contributed by atoms with Crippen LogP contribution in [0, 0.1) is 5.82 Å². The quantitative estimate of drug-likeness (QED) is 0.896. The predicted octanol–water partition coefficient (Wildman–Crippen LogP) is 2.82. The van der Waals surface area contributed by atoms with Crippen molar-refractivity contribution in [2.45, 2.75) is 57.2 Å². The lowest BCUT2D eigenvalue weighted by Gasteiger charge is -2.28. The molecule has 0 atom stereocenters. The minimum Gasteiger partial charge on any atom is -0.393 e. The summed E-state index contributed by atoms with van der Waals surface area (Å²) in [5.41, 5.74) is 1.85.